The van der Waals surface area contributed by atoms with Gasteiger partial charge in [-0.3, -0.25) is 4.31 Å². The van der Waals surface area contributed by atoms with E-state index in [1.165, 1.54) is 37.4 Å². The number of halogens is 2. The van der Waals surface area contributed by atoms with E-state index in [0.29, 0.717) is 11.3 Å². The molecule has 0 unspecified atom stereocenters. The second-order valence-electron chi connectivity index (χ2n) is 4.56. The van der Waals surface area contributed by atoms with Crippen molar-refractivity contribution in [3.63, 3.8) is 0 Å². The second kappa shape index (κ2) is 5.54. The van der Waals surface area contributed by atoms with Crippen LogP contribution in [-0.4, -0.2) is 15.5 Å². The van der Waals surface area contributed by atoms with Crippen molar-refractivity contribution in [3.05, 3.63) is 52.8 Å². The maximum atomic E-state index is 13.8. The maximum Gasteiger partial charge on any atom is 0.265 e. The molecule has 2 rings (SSSR count). The maximum absolute atomic E-state index is 13.8. The second-order valence-corrected chi connectivity index (χ2v) is 6.91. The summed E-state index contributed by atoms with van der Waals surface area (Å²) in [6.07, 6.45) is 0. The molecule has 112 valence electrons. The first-order chi connectivity index (χ1) is 9.75. The van der Waals surface area contributed by atoms with Crippen LogP contribution in [-0.2, 0) is 10.0 Å². The van der Waals surface area contributed by atoms with Gasteiger partial charge in [-0.25, -0.2) is 12.8 Å². The van der Waals surface area contributed by atoms with Crippen LogP contribution in [0.3, 0.4) is 0 Å². The molecule has 0 fully saturated rings. The number of hydrogen-bond acceptors (Lipinski definition) is 3. The Labute approximate surface area is 128 Å². The minimum absolute atomic E-state index is 0.0462. The fraction of sp³-hybridized carbons (Fsp3) is 0.143. The van der Waals surface area contributed by atoms with E-state index in [2.05, 4.69) is 0 Å². The monoisotopic (exact) mass is 328 g/mol. The predicted molar refractivity (Wildman–Crippen MR) is 82.6 cm³/mol. The summed E-state index contributed by atoms with van der Waals surface area (Å²) in [5.74, 6) is -0.639. The standard InChI is InChI=1S/C14H14ClFN2O2S/c1-9-7-10(15)14(8-12(9)17)21(19,20)18(2)13-6-4-3-5-11(13)16/h3-8H,17H2,1-2H3. The Kier molecular flexibility index (Phi) is 4.11. The lowest BCUT2D eigenvalue weighted by Gasteiger charge is -2.21. The van der Waals surface area contributed by atoms with Crippen molar-refractivity contribution in [2.24, 2.45) is 0 Å². The minimum Gasteiger partial charge on any atom is -0.398 e. The highest BCUT2D eigenvalue weighted by atomic mass is 35.5. The van der Waals surface area contributed by atoms with Crippen molar-refractivity contribution < 1.29 is 12.8 Å². The van der Waals surface area contributed by atoms with Crippen molar-refractivity contribution in [2.45, 2.75) is 11.8 Å². The molecule has 0 saturated heterocycles. The lowest BCUT2D eigenvalue weighted by atomic mass is 10.2. The molecule has 0 aliphatic rings. The first-order valence-electron chi connectivity index (χ1n) is 6.04. The fourth-order valence-electron chi connectivity index (χ4n) is 1.85. The Morgan fingerprint density at radius 2 is 1.86 bits per heavy atom. The van der Waals surface area contributed by atoms with E-state index in [1.807, 2.05) is 0 Å². The molecule has 0 radical (unpaired) electrons. The largest absolute Gasteiger partial charge is 0.398 e. The minimum atomic E-state index is -4.00. The van der Waals surface area contributed by atoms with Crippen LogP contribution in [0.5, 0.6) is 0 Å². The number of nitrogen functional groups attached to an aromatic ring is 1. The number of anilines is 2. The van der Waals surface area contributed by atoms with Gasteiger partial charge in [-0.05, 0) is 36.8 Å². The summed E-state index contributed by atoms with van der Waals surface area (Å²) in [5.41, 5.74) is 6.66. The molecule has 2 N–H and O–H groups in total. The Morgan fingerprint density at radius 3 is 2.48 bits per heavy atom. The van der Waals surface area contributed by atoms with Gasteiger partial charge >= 0.3 is 0 Å². The quantitative estimate of drug-likeness (QED) is 0.880. The van der Waals surface area contributed by atoms with Crippen LogP contribution in [0.4, 0.5) is 15.8 Å². The molecule has 2 aromatic carbocycles. The summed E-state index contributed by atoms with van der Waals surface area (Å²) in [6.45, 7) is 1.72. The molecule has 0 heterocycles. The molecule has 0 aliphatic heterocycles. The van der Waals surface area contributed by atoms with Crippen molar-refractivity contribution >= 4 is 33.0 Å². The van der Waals surface area contributed by atoms with E-state index in [-0.39, 0.29) is 15.6 Å². The third-order valence-electron chi connectivity index (χ3n) is 3.15. The molecule has 4 nitrogen and oxygen atoms in total. The SMILES string of the molecule is Cc1cc(Cl)c(S(=O)(=O)N(C)c2ccccc2F)cc1N. The van der Waals surface area contributed by atoms with Gasteiger partial charge in [0.1, 0.15) is 10.7 Å². The molecule has 21 heavy (non-hydrogen) atoms. The normalized spacial score (nSPS) is 11.4. The summed E-state index contributed by atoms with van der Waals surface area (Å²) in [4.78, 5) is -0.155. The molecule has 0 atom stereocenters. The Hall–Kier alpha value is -1.79. The van der Waals surface area contributed by atoms with Crippen LogP contribution in [0.2, 0.25) is 5.02 Å². The Balaban J connectivity index is 2.58. The van der Waals surface area contributed by atoms with E-state index in [0.717, 1.165) is 4.31 Å². The molecule has 0 amide bonds. The molecule has 0 bridgehead atoms. The first kappa shape index (κ1) is 15.6. The van der Waals surface area contributed by atoms with Gasteiger partial charge in [-0.2, -0.15) is 0 Å². The number of aryl methyl sites for hydroxylation is 1. The van der Waals surface area contributed by atoms with E-state index in [9.17, 15) is 12.8 Å². The van der Waals surface area contributed by atoms with Gasteiger partial charge in [0, 0.05) is 12.7 Å². The lowest BCUT2D eigenvalue weighted by Crippen LogP contribution is -2.27. The van der Waals surface area contributed by atoms with Crippen molar-refractivity contribution in [1.29, 1.82) is 0 Å². The van der Waals surface area contributed by atoms with Gasteiger partial charge in [0.25, 0.3) is 10.0 Å². The smallest absolute Gasteiger partial charge is 0.265 e. The summed E-state index contributed by atoms with van der Waals surface area (Å²) in [7, 11) is -2.74. The Bertz CT molecular complexity index is 794. The highest BCUT2D eigenvalue weighted by Crippen LogP contribution is 2.31. The van der Waals surface area contributed by atoms with Gasteiger partial charge in [-0.1, -0.05) is 23.7 Å². The molecule has 0 aliphatic carbocycles. The molecule has 0 saturated carbocycles. The third kappa shape index (κ3) is 2.82. The predicted octanol–water partition coefficient (Wildman–Crippen LogP) is 3.19. The zero-order valence-corrected chi connectivity index (χ0v) is 13.0. The van der Waals surface area contributed by atoms with Crippen LogP contribution < -0.4 is 10.0 Å². The summed E-state index contributed by atoms with van der Waals surface area (Å²) >= 11 is 6.00. The molecule has 7 heteroatoms. The van der Waals surface area contributed by atoms with E-state index in [4.69, 9.17) is 17.3 Å². The third-order valence-corrected chi connectivity index (χ3v) is 5.39. The van der Waals surface area contributed by atoms with Gasteiger partial charge in [0.15, 0.2) is 0 Å². The van der Waals surface area contributed by atoms with Gasteiger partial charge in [-0.15, -0.1) is 0 Å². The summed E-state index contributed by atoms with van der Waals surface area (Å²) < 4.78 is 39.8. The zero-order chi connectivity index (χ0) is 15.8. The fourth-order valence-corrected chi connectivity index (χ4v) is 3.64. The molecular weight excluding hydrogens is 315 g/mol. The number of rotatable bonds is 3. The van der Waals surface area contributed by atoms with Crippen LogP contribution in [0.15, 0.2) is 41.3 Å². The van der Waals surface area contributed by atoms with Crippen molar-refractivity contribution in [1.82, 2.24) is 0 Å². The van der Waals surface area contributed by atoms with Gasteiger partial charge in [0.05, 0.1) is 10.7 Å². The molecule has 2 aromatic rings. The van der Waals surface area contributed by atoms with E-state index in [1.54, 1.807) is 13.0 Å². The number of nitrogens with zero attached hydrogens (tertiary/aromatic N) is 1. The number of nitrogens with two attached hydrogens (primary N) is 1. The average Bonchev–Trinajstić information content (AvgIpc) is 2.42. The topological polar surface area (TPSA) is 63.4 Å². The lowest BCUT2D eigenvalue weighted by molar-refractivity contribution is 0.590. The molecule has 0 aromatic heterocycles. The van der Waals surface area contributed by atoms with Crippen LogP contribution in [0.25, 0.3) is 0 Å². The number of para-hydroxylation sites is 1. The van der Waals surface area contributed by atoms with Crippen LogP contribution >= 0.6 is 11.6 Å². The molecular formula is C14H14ClFN2O2S. The zero-order valence-electron chi connectivity index (χ0n) is 11.5. The number of hydrogen-bond donors (Lipinski definition) is 1. The summed E-state index contributed by atoms with van der Waals surface area (Å²) in [6, 6.07) is 8.35. The highest BCUT2D eigenvalue weighted by Gasteiger charge is 2.26. The van der Waals surface area contributed by atoms with Gasteiger partial charge in [0.2, 0.25) is 0 Å². The first-order valence-corrected chi connectivity index (χ1v) is 7.86. The summed E-state index contributed by atoms with van der Waals surface area (Å²) in [5, 5.41) is 0.0462. The molecule has 0 spiro atoms. The van der Waals surface area contributed by atoms with Gasteiger partial charge < -0.3 is 5.73 Å². The van der Waals surface area contributed by atoms with Crippen molar-refractivity contribution in [2.75, 3.05) is 17.1 Å². The van der Waals surface area contributed by atoms with Crippen LogP contribution in [0, 0.1) is 12.7 Å². The van der Waals surface area contributed by atoms with Crippen molar-refractivity contribution in [3.8, 4) is 0 Å². The highest BCUT2D eigenvalue weighted by molar-refractivity contribution is 7.93. The number of sulfonamides is 1. The number of benzene rings is 2. The average molecular weight is 329 g/mol. The van der Waals surface area contributed by atoms with Crippen LogP contribution in [0.1, 0.15) is 5.56 Å². The Morgan fingerprint density at radius 1 is 1.24 bits per heavy atom. The van der Waals surface area contributed by atoms with E-state index < -0.39 is 15.8 Å². The van der Waals surface area contributed by atoms with E-state index >= 15 is 0 Å².